The van der Waals surface area contributed by atoms with E-state index in [1.807, 2.05) is 25.1 Å². The second-order valence-electron chi connectivity index (χ2n) is 3.80. The van der Waals surface area contributed by atoms with E-state index in [9.17, 15) is 4.79 Å². The van der Waals surface area contributed by atoms with Gasteiger partial charge in [-0.05, 0) is 38.5 Å². The molecular weight excluding hydrogens is 216 g/mol. The van der Waals surface area contributed by atoms with Crippen LogP contribution >= 0.6 is 0 Å². The molecule has 3 N–H and O–H groups in total. The second kappa shape index (κ2) is 5.94. The van der Waals surface area contributed by atoms with E-state index >= 15 is 0 Å². The highest BCUT2D eigenvalue weighted by Gasteiger charge is 2.01. The molecule has 17 heavy (non-hydrogen) atoms. The van der Waals surface area contributed by atoms with Crippen LogP contribution in [0.3, 0.4) is 0 Å². The molecule has 0 saturated heterocycles. The van der Waals surface area contributed by atoms with Gasteiger partial charge in [-0.25, -0.2) is 4.79 Å². The molecule has 1 rings (SSSR count). The minimum absolute atomic E-state index is 0.358. The fraction of sp³-hybridized carbons (Fsp3) is 0.308. The van der Waals surface area contributed by atoms with Crippen molar-refractivity contribution in [3.8, 4) is 0 Å². The maximum atomic E-state index is 11.2. The summed E-state index contributed by atoms with van der Waals surface area (Å²) in [6, 6.07) is 5.71. The highest BCUT2D eigenvalue weighted by molar-refractivity contribution is 5.83. The summed E-state index contributed by atoms with van der Waals surface area (Å²) >= 11 is 0. The number of hydrogen-bond donors (Lipinski definition) is 2. The van der Waals surface area contributed by atoms with Gasteiger partial charge in [-0.15, -0.1) is 0 Å². The average Bonchev–Trinajstić information content (AvgIpc) is 2.22. The van der Waals surface area contributed by atoms with Crippen molar-refractivity contribution in [2.45, 2.75) is 20.8 Å². The predicted octanol–water partition coefficient (Wildman–Crippen LogP) is 2.46. The number of anilines is 2. The van der Waals surface area contributed by atoms with E-state index in [1.54, 1.807) is 13.8 Å². The van der Waals surface area contributed by atoms with Gasteiger partial charge in [0.25, 0.3) is 0 Å². The normalized spacial score (nSPS) is 11.1. The van der Waals surface area contributed by atoms with Crippen molar-refractivity contribution in [3.63, 3.8) is 0 Å². The Morgan fingerprint density at radius 2 is 2.24 bits per heavy atom. The van der Waals surface area contributed by atoms with Crippen molar-refractivity contribution in [3.05, 3.63) is 35.5 Å². The molecule has 92 valence electrons. The van der Waals surface area contributed by atoms with Crippen molar-refractivity contribution < 1.29 is 9.53 Å². The monoisotopic (exact) mass is 234 g/mol. The topological polar surface area (TPSA) is 64.3 Å². The molecule has 0 aliphatic heterocycles. The van der Waals surface area contributed by atoms with Gasteiger partial charge in [0.05, 0.1) is 18.0 Å². The molecule has 0 saturated carbocycles. The highest BCUT2D eigenvalue weighted by Crippen LogP contribution is 2.20. The lowest BCUT2D eigenvalue weighted by atomic mass is 10.2. The molecule has 0 amide bonds. The van der Waals surface area contributed by atoms with E-state index < -0.39 is 0 Å². The summed E-state index contributed by atoms with van der Waals surface area (Å²) in [5, 5.41) is 3.06. The molecule has 0 aliphatic rings. The summed E-state index contributed by atoms with van der Waals surface area (Å²) in [7, 11) is 0. The number of nitrogens with one attached hydrogen (secondary N) is 1. The summed E-state index contributed by atoms with van der Waals surface area (Å²) in [5.74, 6) is -0.358. The van der Waals surface area contributed by atoms with Gasteiger partial charge in [-0.1, -0.05) is 6.07 Å². The first kappa shape index (κ1) is 13.1. The molecule has 1 aromatic carbocycles. The second-order valence-corrected chi connectivity index (χ2v) is 3.80. The van der Waals surface area contributed by atoms with Crippen LogP contribution in [0.5, 0.6) is 0 Å². The van der Waals surface area contributed by atoms with Crippen LogP contribution in [0.25, 0.3) is 0 Å². The van der Waals surface area contributed by atoms with Crippen LogP contribution in [0.4, 0.5) is 11.4 Å². The smallest absolute Gasteiger partial charge is 0.332 e. The minimum atomic E-state index is -0.358. The maximum Gasteiger partial charge on any atom is 0.332 e. The zero-order chi connectivity index (χ0) is 12.8. The van der Waals surface area contributed by atoms with Crippen LogP contribution < -0.4 is 11.1 Å². The zero-order valence-corrected chi connectivity index (χ0v) is 10.4. The fourth-order valence-corrected chi connectivity index (χ4v) is 1.41. The third-order valence-electron chi connectivity index (χ3n) is 2.16. The van der Waals surface area contributed by atoms with E-state index in [4.69, 9.17) is 10.5 Å². The number of esters is 1. The van der Waals surface area contributed by atoms with E-state index in [2.05, 4.69) is 5.32 Å². The summed E-state index contributed by atoms with van der Waals surface area (Å²) in [5.41, 5.74) is 9.08. The Morgan fingerprint density at radius 3 is 2.82 bits per heavy atom. The number of nitrogens with two attached hydrogens (primary N) is 1. The lowest BCUT2D eigenvalue weighted by Crippen LogP contribution is -2.05. The van der Waals surface area contributed by atoms with Crippen molar-refractivity contribution >= 4 is 17.3 Å². The van der Waals surface area contributed by atoms with Gasteiger partial charge < -0.3 is 15.8 Å². The number of aryl methyl sites for hydroxylation is 1. The van der Waals surface area contributed by atoms with Gasteiger partial charge in [-0.3, -0.25) is 0 Å². The number of ether oxygens (including phenoxy) is 1. The molecule has 0 unspecified atom stereocenters. The Morgan fingerprint density at radius 1 is 1.53 bits per heavy atom. The summed E-state index contributed by atoms with van der Waals surface area (Å²) in [4.78, 5) is 11.2. The van der Waals surface area contributed by atoms with Gasteiger partial charge in [0.15, 0.2) is 0 Å². The van der Waals surface area contributed by atoms with Crippen molar-refractivity contribution in [2.75, 3.05) is 17.7 Å². The molecular formula is C13H18N2O2. The molecule has 0 aromatic heterocycles. The quantitative estimate of drug-likeness (QED) is 0.477. The lowest BCUT2D eigenvalue weighted by Gasteiger charge is -2.10. The SMILES string of the molecule is CCOC(=O)/C=C(\C)Nc1ccc(C)cc1N. The number of hydrogen-bond acceptors (Lipinski definition) is 4. The number of nitrogen functional groups attached to an aromatic ring is 1. The Hall–Kier alpha value is -1.97. The van der Waals surface area contributed by atoms with Crippen molar-refractivity contribution in [1.29, 1.82) is 0 Å². The molecule has 0 fully saturated rings. The van der Waals surface area contributed by atoms with Crippen LogP contribution in [-0.4, -0.2) is 12.6 Å². The zero-order valence-electron chi connectivity index (χ0n) is 10.4. The summed E-state index contributed by atoms with van der Waals surface area (Å²) in [6.45, 7) is 5.90. The van der Waals surface area contributed by atoms with Gasteiger partial charge in [0.1, 0.15) is 0 Å². The van der Waals surface area contributed by atoms with Crippen LogP contribution in [0.2, 0.25) is 0 Å². The van der Waals surface area contributed by atoms with Crippen molar-refractivity contribution in [2.24, 2.45) is 0 Å². The number of carbonyl (C=O) groups excluding carboxylic acids is 1. The predicted molar refractivity (Wildman–Crippen MR) is 69.6 cm³/mol. The molecule has 4 nitrogen and oxygen atoms in total. The fourth-order valence-electron chi connectivity index (χ4n) is 1.41. The highest BCUT2D eigenvalue weighted by atomic mass is 16.5. The van der Waals surface area contributed by atoms with Crippen LogP contribution in [0.15, 0.2) is 30.0 Å². The Labute approximate surface area is 101 Å². The summed E-state index contributed by atoms with van der Waals surface area (Å²) in [6.07, 6.45) is 1.41. The molecule has 0 aliphatic carbocycles. The van der Waals surface area contributed by atoms with E-state index in [0.29, 0.717) is 18.0 Å². The average molecular weight is 234 g/mol. The summed E-state index contributed by atoms with van der Waals surface area (Å²) < 4.78 is 4.81. The number of allylic oxidation sites excluding steroid dienone is 1. The van der Waals surface area contributed by atoms with Crippen LogP contribution in [0.1, 0.15) is 19.4 Å². The molecule has 4 heteroatoms. The van der Waals surface area contributed by atoms with Gasteiger partial charge >= 0.3 is 5.97 Å². The molecule has 0 atom stereocenters. The van der Waals surface area contributed by atoms with Gasteiger partial charge in [-0.2, -0.15) is 0 Å². The first-order valence-electron chi connectivity index (χ1n) is 5.51. The first-order valence-corrected chi connectivity index (χ1v) is 5.51. The lowest BCUT2D eigenvalue weighted by molar-refractivity contribution is -0.137. The number of rotatable bonds is 4. The standard InChI is InChI=1S/C13H18N2O2/c1-4-17-13(16)8-10(3)15-12-6-5-9(2)7-11(12)14/h5-8,15H,4,14H2,1-3H3/b10-8+. The molecule has 0 spiro atoms. The first-order chi connectivity index (χ1) is 8.02. The molecule has 0 heterocycles. The van der Waals surface area contributed by atoms with Crippen LogP contribution in [-0.2, 0) is 9.53 Å². The Bertz CT molecular complexity index is 439. The van der Waals surface area contributed by atoms with E-state index in [0.717, 1.165) is 11.3 Å². The maximum absolute atomic E-state index is 11.2. The number of carbonyl (C=O) groups is 1. The van der Waals surface area contributed by atoms with Crippen LogP contribution in [0, 0.1) is 6.92 Å². The minimum Gasteiger partial charge on any atom is -0.463 e. The van der Waals surface area contributed by atoms with Gasteiger partial charge in [0, 0.05) is 11.8 Å². The molecule has 0 radical (unpaired) electrons. The van der Waals surface area contributed by atoms with Crippen molar-refractivity contribution in [1.82, 2.24) is 0 Å². The molecule has 1 aromatic rings. The largest absolute Gasteiger partial charge is 0.463 e. The third kappa shape index (κ3) is 4.18. The molecule has 0 bridgehead atoms. The number of benzene rings is 1. The Kier molecular flexibility index (Phi) is 4.57. The third-order valence-corrected chi connectivity index (χ3v) is 2.16. The van der Waals surface area contributed by atoms with Gasteiger partial charge in [0.2, 0.25) is 0 Å². The van der Waals surface area contributed by atoms with E-state index in [1.165, 1.54) is 6.08 Å². The Balaban J connectivity index is 2.74. The van der Waals surface area contributed by atoms with E-state index in [-0.39, 0.29) is 5.97 Å².